The number of imidazole rings is 1. The third kappa shape index (κ3) is 3.75. The average Bonchev–Trinajstić information content (AvgIpc) is 2.97. The van der Waals surface area contributed by atoms with Crippen LogP contribution in [0.15, 0.2) is 42.6 Å². The van der Waals surface area contributed by atoms with Crippen molar-refractivity contribution >= 4 is 23.2 Å². The van der Waals surface area contributed by atoms with Gasteiger partial charge >= 0.3 is 0 Å². The summed E-state index contributed by atoms with van der Waals surface area (Å²) in [5.74, 6) is -0.142. The second-order valence-electron chi connectivity index (χ2n) is 7.47. The molecule has 0 saturated carbocycles. The van der Waals surface area contributed by atoms with E-state index in [-0.39, 0.29) is 11.3 Å². The zero-order chi connectivity index (χ0) is 18.9. The molecule has 0 aliphatic carbocycles. The Kier molecular flexibility index (Phi) is 5.05. The highest BCUT2D eigenvalue weighted by atomic mass is 35.5. The molecule has 4 nitrogen and oxygen atoms in total. The lowest BCUT2D eigenvalue weighted by Crippen LogP contribution is -2.25. The number of pyridine rings is 1. The minimum absolute atomic E-state index is 0.119. The van der Waals surface area contributed by atoms with Crippen LogP contribution in [0.3, 0.4) is 0 Å². The van der Waals surface area contributed by atoms with Crippen molar-refractivity contribution in [2.45, 2.75) is 46.1 Å². The predicted octanol–water partition coefficient (Wildman–Crippen LogP) is 4.78. The molecule has 0 aliphatic heterocycles. The zero-order valence-electron chi connectivity index (χ0n) is 15.6. The molecule has 1 aromatic carbocycles. The van der Waals surface area contributed by atoms with Gasteiger partial charge in [-0.1, -0.05) is 63.6 Å². The van der Waals surface area contributed by atoms with Crippen molar-refractivity contribution in [2.24, 2.45) is 0 Å². The van der Waals surface area contributed by atoms with E-state index in [1.54, 1.807) is 16.7 Å². The Balaban J connectivity index is 1.80. The van der Waals surface area contributed by atoms with Crippen molar-refractivity contribution in [2.75, 3.05) is 0 Å². The largest absolute Gasteiger partial charge is 0.347 e. The molecule has 136 valence electrons. The first-order valence-electron chi connectivity index (χ1n) is 8.83. The molecule has 0 atom stereocenters. The van der Waals surface area contributed by atoms with Crippen LogP contribution in [0.2, 0.25) is 5.02 Å². The van der Waals surface area contributed by atoms with Crippen molar-refractivity contribution in [3.63, 3.8) is 0 Å². The van der Waals surface area contributed by atoms with Gasteiger partial charge in [-0.05, 0) is 35.1 Å². The molecule has 2 aromatic heterocycles. The van der Waals surface area contributed by atoms with Crippen molar-refractivity contribution in [3.05, 3.63) is 70.1 Å². The SMILES string of the molecule is CCc1nc2ccc(Cl)cn2c1C(=O)NCc1ccc(C(C)(C)C)cc1. The molecule has 5 heteroatoms. The highest BCUT2D eigenvalue weighted by Gasteiger charge is 2.18. The van der Waals surface area contributed by atoms with E-state index < -0.39 is 0 Å². The van der Waals surface area contributed by atoms with Crippen LogP contribution < -0.4 is 5.32 Å². The molecule has 1 N–H and O–H groups in total. The summed E-state index contributed by atoms with van der Waals surface area (Å²) in [6.45, 7) is 9.02. The summed E-state index contributed by atoms with van der Waals surface area (Å²) >= 11 is 6.09. The van der Waals surface area contributed by atoms with Crippen molar-refractivity contribution in [1.29, 1.82) is 0 Å². The van der Waals surface area contributed by atoms with Gasteiger partial charge in [0, 0.05) is 12.7 Å². The lowest BCUT2D eigenvalue weighted by atomic mass is 9.87. The lowest BCUT2D eigenvalue weighted by molar-refractivity contribution is 0.0944. The van der Waals surface area contributed by atoms with Crippen LogP contribution in [0.4, 0.5) is 0 Å². The smallest absolute Gasteiger partial charge is 0.270 e. The van der Waals surface area contributed by atoms with Gasteiger partial charge < -0.3 is 5.32 Å². The summed E-state index contributed by atoms with van der Waals surface area (Å²) in [5, 5.41) is 3.58. The Morgan fingerprint density at radius 3 is 2.46 bits per heavy atom. The quantitative estimate of drug-likeness (QED) is 0.719. The normalized spacial score (nSPS) is 11.7. The maximum atomic E-state index is 12.8. The predicted molar refractivity (Wildman–Crippen MR) is 106 cm³/mol. The Hall–Kier alpha value is -2.33. The maximum Gasteiger partial charge on any atom is 0.270 e. The van der Waals surface area contributed by atoms with E-state index in [2.05, 4.69) is 55.3 Å². The number of aryl methyl sites for hydroxylation is 1. The number of carbonyl (C=O) groups is 1. The first-order chi connectivity index (χ1) is 12.3. The summed E-state index contributed by atoms with van der Waals surface area (Å²) in [5.41, 5.74) is 4.51. The van der Waals surface area contributed by atoms with Gasteiger partial charge in [-0.3, -0.25) is 9.20 Å². The lowest BCUT2D eigenvalue weighted by Gasteiger charge is -2.19. The van der Waals surface area contributed by atoms with Crippen LogP contribution in [0.5, 0.6) is 0 Å². The van der Waals surface area contributed by atoms with Crippen molar-refractivity contribution in [1.82, 2.24) is 14.7 Å². The number of fused-ring (bicyclic) bond motifs is 1. The molecule has 3 rings (SSSR count). The van der Waals surface area contributed by atoms with E-state index in [9.17, 15) is 4.79 Å². The van der Waals surface area contributed by atoms with Crippen LogP contribution in [0.1, 0.15) is 55.0 Å². The molecule has 0 unspecified atom stereocenters. The number of nitrogens with zero attached hydrogens (tertiary/aromatic N) is 2. The third-order valence-electron chi connectivity index (χ3n) is 4.48. The van der Waals surface area contributed by atoms with Crippen LogP contribution >= 0.6 is 11.6 Å². The van der Waals surface area contributed by atoms with E-state index in [1.165, 1.54) is 5.56 Å². The molecule has 1 amide bonds. The molecule has 0 radical (unpaired) electrons. The number of rotatable bonds is 4. The summed E-state index contributed by atoms with van der Waals surface area (Å²) < 4.78 is 1.76. The van der Waals surface area contributed by atoms with Crippen LogP contribution in [-0.4, -0.2) is 15.3 Å². The monoisotopic (exact) mass is 369 g/mol. The number of nitrogens with one attached hydrogen (secondary N) is 1. The number of carbonyl (C=O) groups excluding carboxylic acids is 1. The van der Waals surface area contributed by atoms with E-state index in [1.807, 2.05) is 13.0 Å². The fourth-order valence-corrected chi connectivity index (χ4v) is 3.10. The summed E-state index contributed by atoms with van der Waals surface area (Å²) in [7, 11) is 0. The van der Waals surface area contributed by atoms with Gasteiger partial charge in [0.2, 0.25) is 0 Å². The minimum Gasteiger partial charge on any atom is -0.347 e. The first kappa shape index (κ1) is 18.5. The van der Waals surface area contributed by atoms with Gasteiger partial charge in [0.1, 0.15) is 11.3 Å². The first-order valence-corrected chi connectivity index (χ1v) is 9.21. The molecule has 0 fully saturated rings. The summed E-state index contributed by atoms with van der Waals surface area (Å²) in [6.07, 6.45) is 2.42. The number of benzene rings is 1. The minimum atomic E-state index is -0.142. The maximum absolute atomic E-state index is 12.8. The molecule has 0 spiro atoms. The van der Waals surface area contributed by atoms with Crippen molar-refractivity contribution < 1.29 is 4.79 Å². The number of amides is 1. The van der Waals surface area contributed by atoms with E-state index in [0.29, 0.717) is 23.7 Å². The molecule has 0 bridgehead atoms. The number of halogens is 1. The topological polar surface area (TPSA) is 46.4 Å². The fourth-order valence-electron chi connectivity index (χ4n) is 2.94. The molecule has 0 aliphatic rings. The van der Waals surface area contributed by atoms with Crippen LogP contribution in [-0.2, 0) is 18.4 Å². The van der Waals surface area contributed by atoms with Gasteiger partial charge in [-0.2, -0.15) is 0 Å². The highest BCUT2D eigenvalue weighted by Crippen LogP contribution is 2.22. The second-order valence-corrected chi connectivity index (χ2v) is 7.90. The standard InChI is InChI=1S/C21H24ClN3O/c1-5-17-19(25-13-16(22)10-11-18(25)24-17)20(26)23-12-14-6-8-15(9-7-14)21(2,3)4/h6-11,13H,5,12H2,1-4H3,(H,23,26). The molecule has 2 heterocycles. The van der Waals surface area contributed by atoms with Gasteiger partial charge in [-0.25, -0.2) is 4.98 Å². The zero-order valence-corrected chi connectivity index (χ0v) is 16.4. The number of hydrogen-bond donors (Lipinski definition) is 1. The fraction of sp³-hybridized carbons (Fsp3) is 0.333. The summed E-state index contributed by atoms with van der Waals surface area (Å²) in [4.78, 5) is 17.3. The Labute approximate surface area is 159 Å². The van der Waals surface area contributed by atoms with Gasteiger partial charge in [-0.15, -0.1) is 0 Å². The van der Waals surface area contributed by atoms with E-state index >= 15 is 0 Å². The Morgan fingerprint density at radius 2 is 1.85 bits per heavy atom. The second kappa shape index (κ2) is 7.12. The molecule has 3 aromatic rings. The average molecular weight is 370 g/mol. The van der Waals surface area contributed by atoms with Gasteiger partial charge in [0.25, 0.3) is 5.91 Å². The van der Waals surface area contributed by atoms with Gasteiger partial charge in [0.15, 0.2) is 0 Å². The van der Waals surface area contributed by atoms with E-state index in [0.717, 1.165) is 16.9 Å². The molecule has 0 saturated heterocycles. The summed E-state index contributed by atoms with van der Waals surface area (Å²) in [6, 6.07) is 12.0. The number of aromatic nitrogens is 2. The molecular weight excluding hydrogens is 346 g/mol. The Morgan fingerprint density at radius 1 is 1.15 bits per heavy atom. The third-order valence-corrected chi connectivity index (χ3v) is 4.70. The van der Waals surface area contributed by atoms with Crippen LogP contribution in [0, 0.1) is 0 Å². The number of hydrogen-bond acceptors (Lipinski definition) is 2. The molecular formula is C21H24ClN3O. The van der Waals surface area contributed by atoms with Gasteiger partial charge in [0.05, 0.1) is 10.7 Å². The van der Waals surface area contributed by atoms with E-state index in [4.69, 9.17) is 11.6 Å². The molecule has 26 heavy (non-hydrogen) atoms. The Bertz CT molecular complexity index is 936. The highest BCUT2D eigenvalue weighted by molar-refractivity contribution is 6.30. The van der Waals surface area contributed by atoms with Crippen LogP contribution in [0.25, 0.3) is 5.65 Å². The van der Waals surface area contributed by atoms with Crippen molar-refractivity contribution in [3.8, 4) is 0 Å².